The summed E-state index contributed by atoms with van der Waals surface area (Å²) in [4.78, 5) is 10.8. The highest BCUT2D eigenvalue weighted by Crippen LogP contribution is 2.21. The van der Waals surface area contributed by atoms with Crippen LogP contribution in [0.3, 0.4) is 0 Å². The average Bonchev–Trinajstić information content (AvgIpc) is 1.85. The van der Waals surface area contributed by atoms with Crippen LogP contribution >= 0.6 is 22.6 Å². The summed E-state index contributed by atoms with van der Waals surface area (Å²) >= 11 is 2.25. The molecule has 0 N–H and O–H groups in total. The summed E-state index contributed by atoms with van der Waals surface area (Å²) in [5.74, 6) is 0.487. The molecule has 1 aliphatic rings. The van der Waals surface area contributed by atoms with Gasteiger partial charge in [0.15, 0.2) is 0 Å². The monoisotopic (exact) mass is 254 g/mol. The quantitative estimate of drug-likeness (QED) is 0.405. The minimum atomic E-state index is -0.0274. The molecule has 0 aromatic heterocycles. The first-order valence-corrected chi connectivity index (χ1v) is 5.00. The van der Waals surface area contributed by atoms with Crippen molar-refractivity contribution >= 4 is 28.6 Å². The van der Waals surface area contributed by atoms with Crippen molar-refractivity contribution in [2.75, 3.05) is 4.43 Å². The summed E-state index contributed by atoms with van der Waals surface area (Å²) in [7, 11) is 0. The lowest BCUT2D eigenvalue weighted by molar-refractivity contribution is -0.154. The van der Waals surface area contributed by atoms with E-state index in [1.165, 1.54) is 0 Å². The molecular weight excluding hydrogens is 243 g/mol. The molecule has 0 bridgehead atoms. The summed E-state index contributed by atoms with van der Waals surface area (Å²) in [6, 6.07) is 0. The molecule has 58 valence electrons. The summed E-state index contributed by atoms with van der Waals surface area (Å²) in [6.45, 7) is 2.10. The molecule has 0 aromatic rings. The minimum Gasteiger partial charge on any atom is -0.462 e. The molecule has 3 heteroatoms. The van der Waals surface area contributed by atoms with Gasteiger partial charge in [-0.15, -0.1) is 0 Å². The minimum absolute atomic E-state index is 0.0274. The van der Waals surface area contributed by atoms with Crippen LogP contribution in [0.1, 0.15) is 19.8 Å². The SMILES string of the molecule is C[C@@H]1CC(=O)O[C@@H](CI)C1. The number of carbonyl (C=O) groups excluding carboxylic acids is 1. The van der Waals surface area contributed by atoms with Crippen molar-refractivity contribution in [3.8, 4) is 0 Å². The van der Waals surface area contributed by atoms with Gasteiger partial charge in [-0.25, -0.2) is 0 Å². The van der Waals surface area contributed by atoms with Gasteiger partial charge in [0.25, 0.3) is 0 Å². The van der Waals surface area contributed by atoms with Crippen molar-refractivity contribution in [2.24, 2.45) is 5.92 Å². The lowest BCUT2D eigenvalue weighted by atomic mass is 9.98. The fourth-order valence-corrected chi connectivity index (χ4v) is 1.73. The smallest absolute Gasteiger partial charge is 0.306 e. The second-order valence-corrected chi connectivity index (χ2v) is 3.69. The summed E-state index contributed by atoms with van der Waals surface area (Å²) in [5.41, 5.74) is 0. The molecule has 1 heterocycles. The van der Waals surface area contributed by atoms with Crippen LogP contribution in [0, 0.1) is 5.92 Å². The van der Waals surface area contributed by atoms with E-state index < -0.39 is 0 Å². The fourth-order valence-electron chi connectivity index (χ4n) is 1.19. The molecule has 0 aliphatic carbocycles. The second-order valence-electron chi connectivity index (χ2n) is 2.81. The molecule has 1 aliphatic heterocycles. The Morgan fingerprint density at radius 1 is 1.80 bits per heavy atom. The maximum Gasteiger partial charge on any atom is 0.306 e. The number of rotatable bonds is 1. The lowest BCUT2D eigenvalue weighted by Crippen LogP contribution is -2.29. The van der Waals surface area contributed by atoms with Crippen molar-refractivity contribution in [1.29, 1.82) is 0 Å². The van der Waals surface area contributed by atoms with Crippen LogP contribution in [-0.2, 0) is 9.53 Å². The highest BCUT2D eigenvalue weighted by Gasteiger charge is 2.24. The molecule has 0 spiro atoms. The van der Waals surface area contributed by atoms with Crippen molar-refractivity contribution in [3.05, 3.63) is 0 Å². The Kier molecular flexibility index (Phi) is 2.95. The van der Waals surface area contributed by atoms with E-state index in [4.69, 9.17) is 4.74 Å². The van der Waals surface area contributed by atoms with E-state index in [1.807, 2.05) is 0 Å². The first-order chi connectivity index (χ1) is 4.72. The van der Waals surface area contributed by atoms with Gasteiger partial charge >= 0.3 is 5.97 Å². The second kappa shape index (κ2) is 3.55. The van der Waals surface area contributed by atoms with E-state index in [-0.39, 0.29) is 12.1 Å². The standard InChI is InChI=1S/C7H11IO2/c1-5-2-6(4-8)10-7(9)3-5/h5-6H,2-4H2,1H3/t5-,6+/m0/s1. The van der Waals surface area contributed by atoms with Gasteiger partial charge in [0.2, 0.25) is 0 Å². The Balaban J connectivity index is 2.42. The average molecular weight is 254 g/mol. The van der Waals surface area contributed by atoms with Crippen LogP contribution in [-0.4, -0.2) is 16.5 Å². The number of alkyl halides is 1. The third kappa shape index (κ3) is 2.11. The highest BCUT2D eigenvalue weighted by molar-refractivity contribution is 14.1. The molecule has 0 saturated carbocycles. The molecule has 0 amide bonds. The molecule has 1 fully saturated rings. The molecule has 0 radical (unpaired) electrons. The van der Waals surface area contributed by atoms with E-state index in [1.54, 1.807) is 0 Å². The molecular formula is C7H11IO2. The van der Waals surface area contributed by atoms with Gasteiger partial charge in [-0.2, -0.15) is 0 Å². The Labute approximate surface area is 74.5 Å². The maximum atomic E-state index is 10.8. The third-order valence-corrected chi connectivity index (χ3v) is 2.63. The first-order valence-electron chi connectivity index (χ1n) is 3.48. The molecule has 2 atom stereocenters. The molecule has 0 unspecified atom stereocenters. The summed E-state index contributed by atoms with van der Waals surface area (Å²) in [5, 5.41) is 0. The van der Waals surface area contributed by atoms with Crippen LogP contribution in [0.5, 0.6) is 0 Å². The van der Waals surface area contributed by atoms with Crippen LogP contribution in [0.4, 0.5) is 0 Å². The number of hydrogen-bond donors (Lipinski definition) is 0. The molecule has 1 saturated heterocycles. The topological polar surface area (TPSA) is 26.3 Å². The van der Waals surface area contributed by atoms with Crippen molar-refractivity contribution in [2.45, 2.75) is 25.9 Å². The van der Waals surface area contributed by atoms with E-state index >= 15 is 0 Å². The van der Waals surface area contributed by atoms with Crippen LogP contribution in [0.2, 0.25) is 0 Å². The van der Waals surface area contributed by atoms with Gasteiger partial charge in [-0.3, -0.25) is 4.79 Å². The molecule has 0 aromatic carbocycles. The first kappa shape index (κ1) is 8.30. The normalized spacial score (nSPS) is 33.6. The van der Waals surface area contributed by atoms with Crippen molar-refractivity contribution in [3.63, 3.8) is 0 Å². The van der Waals surface area contributed by atoms with Gasteiger partial charge in [-0.05, 0) is 12.3 Å². The summed E-state index contributed by atoms with van der Waals surface area (Å²) in [6.07, 6.45) is 1.82. The predicted molar refractivity (Wildman–Crippen MR) is 47.2 cm³/mol. The van der Waals surface area contributed by atoms with E-state index in [0.29, 0.717) is 12.3 Å². The Morgan fingerprint density at radius 2 is 2.50 bits per heavy atom. The largest absolute Gasteiger partial charge is 0.462 e. The number of halogens is 1. The third-order valence-electron chi connectivity index (χ3n) is 1.65. The zero-order valence-corrected chi connectivity index (χ0v) is 8.13. The van der Waals surface area contributed by atoms with Crippen molar-refractivity contribution < 1.29 is 9.53 Å². The van der Waals surface area contributed by atoms with Crippen LogP contribution in [0.25, 0.3) is 0 Å². The van der Waals surface area contributed by atoms with Gasteiger partial charge in [0.1, 0.15) is 6.10 Å². The van der Waals surface area contributed by atoms with E-state index in [2.05, 4.69) is 29.5 Å². The van der Waals surface area contributed by atoms with Crippen molar-refractivity contribution in [1.82, 2.24) is 0 Å². The van der Waals surface area contributed by atoms with Gasteiger partial charge in [-0.1, -0.05) is 29.5 Å². The maximum absolute atomic E-state index is 10.8. The zero-order chi connectivity index (χ0) is 7.56. The number of esters is 1. The van der Waals surface area contributed by atoms with E-state index in [9.17, 15) is 4.79 Å². The molecule has 1 rings (SSSR count). The van der Waals surface area contributed by atoms with Gasteiger partial charge < -0.3 is 4.74 Å². The van der Waals surface area contributed by atoms with Gasteiger partial charge in [0.05, 0.1) is 0 Å². The Bertz CT molecular complexity index is 136. The zero-order valence-electron chi connectivity index (χ0n) is 5.97. The number of carbonyl (C=O) groups is 1. The fraction of sp³-hybridized carbons (Fsp3) is 0.857. The summed E-state index contributed by atoms with van der Waals surface area (Å²) < 4.78 is 5.98. The molecule has 2 nitrogen and oxygen atoms in total. The predicted octanol–water partition coefficient (Wildman–Crippen LogP) is 1.76. The highest BCUT2D eigenvalue weighted by atomic mass is 127. The number of cyclic esters (lactones) is 1. The lowest BCUT2D eigenvalue weighted by Gasteiger charge is -2.24. The Morgan fingerprint density at radius 3 is 3.00 bits per heavy atom. The van der Waals surface area contributed by atoms with Crippen LogP contribution < -0.4 is 0 Å². The molecule has 10 heavy (non-hydrogen) atoms. The number of hydrogen-bond acceptors (Lipinski definition) is 2. The van der Waals surface area contributed by atoms with E-state index in [0.717, 1.165) is 10.8 Å². The van der Waals surface area contributed by atoms with Gasteiger partial charge in [0, 0.05) is 10.8 Å². The number of ether oxygens (including phenoxy) is 1. The Hall–Kier alpha value is 0.200. The van der Waals surface area contributed by atoms with Crippen LogP contribution in [0.15, 0.2) is 0 Å².